The number of benzene rings is 2. The Morgan fingerprint density at radius 3 is 2.63 bits per heavy atom. The third-order valence-electron chi connectivity index (χ3n) is 3.09. The van der Waals surface area contributed by atoms with E-state index in [0.29, 0.717) is 22.3 Å². The lowest BCUT2D eigenvalue weighted by atomic mass is 10.1. The third-order valence-corrected chi connectivity index (χ3v) is 4.19. The quantitative estimate of drug-likeness (QED) is 0.708. The summed E-state index contributed by atoms with van der Waals surface area (Å²) in [6, 6.07) is 10.2. The first-order valence-corrected chi connectivity index (χ1v) is 7.20. The van der Waals surface area contributed by atoms with E-state index in [-0.39, 0.29) is 11.7 Å². The van der Waals surface area contributed by atoms with Crippen molar-refractivity contribution < 1.29 is 9.18 Å². The fourth-order valence-electron chi connectivity index (χ4n) is 2.15. The van der Waals surface area contributed by atoms with E-state index >= 15 is 0 Å². The molecule has 0 spiro atoms. The minimum Gasteiger partial charge on any atom is -0.304 e. The van der Waals surface area contributed by atoms with Crippen molar-refractivity contribution in [2.24, 2.45) is 0 Å². The van der Waals surface area contributed by atoms with E-state index in [4.69, 9.17) is 0 Å². The fourth-order valence-corrected chi connectivity index (χ4v) is 2.93. The summed E-state index contributed by atoms with van der Waals surface area (Å²) in [7, 11) is 0. The molecule has 5 heteroatoms. The van der Waals surface area contributed by atoms with Gasteiger partial charge in [0.2, 0.25) is 0 Å². The molecule has 96 valence electrons. The van der Waals surface area contributed by atoms with E-state index in [9.17, 15) is 9.18 Å². The lowest BCUT2D eigenvalue weighted by Crippen LogP contribution is -2.22. The molecule has 1 heterocycles. The summed E-state index contributed by atoms with van der Waals surface area (Å²) >= 11 is 6.53. The van der Waals surface area contributed by atoms with Crippen LogP contribution in [0.5, 0.6) is 0 Å². The second kappa shape index (κ2) is 4.72. The number of anilines is 1. The number of rotatable bonds is 1. The Labute approximate surface area is 126 Å². The van der Waals surface area contributed by atoms with Crippen LogP contribution in [0.1, 0.15) is 15.9 Å². The molecule has 0 atom stereocenters. The second-order valence-corrected chi connectivity index (χ2v) is 6.06. The van der Waals surface area contributed by atoms with Crippen LogP contribution in [-0.2, 0) is 6.54 Å². The monoisotopic (exact) mass is 383 g/mol. The highest BCUT2D eigenvalue weighted by molar-refractivity contribution is 9.10. The molecule has 2 aromatic carbocycles. The molecule has 2 aromatic rings. The van der Waals surface area contributed by atoms with Crippen LogP contribution in [0, 0.1) is 5.82 Å². The van der Waals surface area contributed by atoms with Gasteiger partial charge >= 0.3 is 0 Å². The van der Waals surface area contributed by atoms with Crippen LogP contribution in [0.4, 0.5) is 10.1 Å². The number of hydrogen-bond acceptors (Lipinski definition) is 1. The largest absolute Gasteiger partial charge is 0.304 e. The van der Waals surface area contributed by atoms with Gasteiger partial charge in [0.15, 0.2) is 0 Å². The van der Waals surface area contributed by atoms with Crippen molar-refractivity contribution in [1.82, 2.24) is 0 Å². The van der Waals surface area contributed by atoms with E-state index < -0.39 is 0 Å². The van der Waals surface area contributed by atoms with Gasteiger partial charge in [-0.3, -0.25) is 4.79 Å². The molecule has 0 saturated carbocycles. The van der Waals surface area contributed by atoms with Crippen molar-refractivity contribution in [2.75, 3.05) is 4.90 Å². The predicted octanol–water partition coefficient (Wildman–Crippen LogP) is 4.51. The molecular weight excluding hydrogens is 377 g/mol. The zero-order valence-corrected chi connectivity index (χ0v) is 12.8. The molecule has 1 aliphatic rings. The molecule has 3 rings (SSSR count). The fraction of sp³-hybridized carbons (Fsp3) is 0.0714. The smallest absolute Gasteiger partial charge is 0.258 e. The van der Waals surface area contributed by atoms with Crippen molar-refractivity contribution in [3.05, 3.63) is 62.3 Å². The first kappa shape index (κ1) is 12.8. The van der Waals surface area contributed by atoms with Gasteiger partial charge in [0.1, 0.15) is 5.82 Å². The molecule has 0 aromatic heterocycles. The topological polar surface area (TPSA) is 20.3 Å². The molecule has 1 amide bonds. The van der Waals surface area contributed by atoms with Gasteiger partial charge in [-0.05, 0) is 57.9 Å². The normalized spacial score (nSPS) is 13.8. The van der Waals surface area contributed by atoms with Crippen LogP contribution < -0.4 is 4.90 Å². The van der Waals surface area contributed by atoms with Crippen LogP contribution in [0.15, 0.2) is 45.3 Å². The molecule has 19 heavy (non-hydrogen) atoms. The highest BCUT2D eigenvalue weighted by Crippen LogP contribution is 2.32. The van der Waals surface area contributed by atoms with Crippen molar-refractivity contribution in [1.29, 1.82) is 0 Å². The number of halogens is 3. The summed E-state index contributed by atoms with van der Waals surface area (Å²) in [6.45, 7) is 0.506. The Hall–Kier alpha value is -1.20. The summed E-state index contributed by atoms with van der Waals surface area (Å²) in [5.74, 6) is -0.392. The van der Waals surface area contributed by atoms with Crippen LogP contribution in [0.3, 0.4) is 0 Å². The number of amides is 1. The molecule has 1 aliphatic heterocycles. The standard InChI is InChI=1S/C14H8Br2FNO/c15-9-1-3-11-8(5-9)7-18(14(11)19)10-2-4-13(17)12(16)6-10/h1-6H,7H2. The number of fused-ring (bicyclic) bond motifs is 1. The molecule has 0 fully saturated rings. The Bertz CT molecular complexity index is 687. The highest BCUT2D eigenvalue weighted by atomic mass is 79.9. The number of carbonyl (C=O) groups excluding carboxylic acids is 1. The van der Waals surface area contributed by atoms with Crippen LogP contribution in [0.25, 0.3) is 0 Å². The molecule has 0 N–H and O–H groups in total. The van der Waals surface area contributed by atoms with Gasteiger partial charge in [0, 0.05) is 15.7 Å². The molecule has 0 radical (unpaired) electrons. The molecule has 2 nitrogen and oxygen atoms in total. The Morgan fingerprint density at radius 2 is 1.89 bits per heavy atom. The van der Waals surface area contributed by atoms with E-state index in [1.807, 2.05) is 12.1 Å². The van der Waals surface area contributed by atoms with Crippen LogP contribution in [-0.4, -0.2) is 5.91 Å². The third kappa shape index (κ3) is 2.21. The molecule has 0 bridgehead atoms. The predicted molar refractivity (Wildman–Crippen MR) is 78.8 cm³/mol. The first-order chi connectivity index (χ1) is 9.06. The van der Waals surface area contributed by atoms with Crippen molar-refractivity contribution in [3.63, 3.8) is 0 Å². The van der Waals surface area contributed by atoms with Gasteiger partial charge in [0.05, 0.1) is 11.0 Å². The second-order valence-electron chi connectivity index (χ2n) is 4.29. The lowest BCUT2D eigenvalue weighted by Gasteiger charge is -2.16. The van der Waals surface area contributed by atoms with Gasteiger partial charge in [0.25, 0.3) is 5.91 Å². The lowest BCUT2D eigenvalue weighted by molar-refractivity contribution is 0.0996. The molecule has 0 aliphatic carbocycles. The maximum absolute atomic E-state index is 13.2. The maximum Gasteiger partial charge on any atom is 0.258 e. The first-order valence-electron chi connectivity index (χ1n) is 5.61. The van der Waals surface area contributed by atoms with Gasteiger partial charge in [-0.1, -0.05) is 15.9 Å². The Morgan fingerprint density at radius 1 is 1.11 bits per heavy atom. The highest BCUT2D eigenvalue weighted by Gasteiger charge is 2.28. The Balaban J connectivity index is 2.01. The number of nitrogens with zero attached hydrogens (tertiary/aromatic N) is 1. The van der Waals surface area contributed by atoms with Crippen molar-refractivity contribution >= 4 is 43.5 Å². The Kier molecular flexibility index (Phi) is 3.19. The van der Waals surface area contributed by atoms with Crippen LogP contribution in [0.2, 0.25) is 0 Å². The van der Waals surface area contributed by atoms with E-state index in [1.54, 1.807) is 23.1 Å². The zero-order valence-electron chi connectivity index (χ0n) is 9.66. The van der Waals surface area contributed by atoms with Crippen molar-refractivity contribution in [3.8, 4) is 0 Å². The summed E-state index contributed by atoms with van der Waals surface area (Å²) in [5.41, 5.74) is 2.36. The maximum atomic E-state index is 13.2. The molecular formula is C14H8Br2FNO. The van der Waals surface area contributed by atoms with Gasteiger partial charge in [-0.25, -0.2) is 4.39 Å². The van der Waals surface area contributed by atoms with E-state index in [2.05, 4.69) is 31.9 Å². The molecule has 0 unspecified atom stereocenters. The minimum absolute atomic E-state index is 0.0546. The molecule has 0 saturated heterocycles. The summed E-state index contributed by atoms with van der Waals surface area (Å²) in [6.07, 6.45) is 0. The SMILES string of the molecule is O=C1c2ccc(Br)cc2CN1c1ccc(F)c(Br)c1. The van der Waals surface area contributed by atoms with Gasteiger partial charge in [-0.15, -0.1) is 0 Å². The van der Waals surface area contributed by atoms with Gasteiger partial charge < -0.3 is 4.90 Å². The summed E-state index contributed by atoms with van der Waals surface area (Å²) < 4.78 is 14.5. The van der Waals surface area contributed by atoms with Crippen molar-refractivity contribution in [2.45, 2.75) is 6.54 Å². The number of hydrogen-bond donors (Lipinski definition) is 0. The average molecular weight is 385 g/mol. The average Bonchev–Trinajstić information content (AvgIpc) is 2.70. The summed E-state index contributed by atoms with van der Waals surface area (Å²) in [4.78, 5) is 13.9. The van der Waals surface area contributed by atoms with Crippen LogP contribution >= 0.6 is 31.9 Å². The van der Waals surface area contributed by atoms with E-state index in [1.165, 1.54) is 6.07 Å². The van der Waals surface area contributed by atoms with E-state index in [0.717, 1.165) is 10.0 Å². The minimum atomic E-state index is -0.337. The van der Waals surface area contributed by atoms with Gasteiger partial charge in [-0.2, -0.15) is 0 Å². The number of carbonyl (C=O) groups is 1. The summed E-state index contributed by atoms with van der Waals surface area (Å²) in [5, 5.41) is 0. The zero-order chi connectivity index (χ0) is 13.6.